The standard InChI is InChI=1S/C17H20N2O4S/c1-20-13-5-3-12(4-6-13)11-22-16-9-15(23-19-16)17(24-2)18-10-14-7-8-21-14/h3-6,9,14H,7-8,10-11H2,1-2H3/t14-/m0/s1. The number of hydrogen-bond acceptors (Lipinski definition) is 7. The molecule has 6 nitrogen and oxygen atoms in total. The molecule has 128 valence electrons. The maximum absolute atomic E-state index is 5.66. The molecule has 2 heterocycles. The molecular formula is C17H20N2O4S. The minimum absolute atomic E-state index is 0.237. The van der Waals surface area contributed by atoms with Crippen molar-refractivity contribution in [3.63, 3.8) is 0 Å². The first-order valence-electron chi connectivity index (χ1n) is 7.71. The quantitative estimate of drug-likeness (QED) is 0.566. The van der Waals surface area contributed by atoms with Gasteiger partial charge in [0.25, 0.3) is 5.88 Å². The van der Waals surface area contributed by atoms with E-state index in [1.165, 1.54) is 11.8 Å². The molecule has 1 atom stereocenters. The van der Waals surface area contributed by atoms with E-state index in [9.17, 15) is 0 Å². The molecule has 1 aromatic heterocycles. The van der Waals surface area contributed by atoms with Gasteiger partial charge in [-0.3, -0.25) is 4.99 Å². The number of aromatic nitrogens is 1. The fourth-order valence-corrected chi connectivity index (χ4v) is 2.66. The first-order chi connectivity index (χ1) is 11.8. The molecule has 1 aliphatic rings. The Hall–Kier alpha value is -1.99. The van der Waals surface area contributed by atoms with E-state index >= 15 is 0 Å². The Balaban J connectivity index is 1.57. The minimum Gasteiger partial charge on any atom is -0.497 e. The van der Waals surface area contributed by atoms with Gasteiger partial charge in [-0.2, -0.15) is 0 Å². The van der Waals surface area contributed by atoms with Gasteiger partial charge in [-0.1, -0.05) is 12.1 Å². The average molecular weight is 348 g/mol. The van der Waals surface area contributed by atoms with Crippen molar-refractivity contribution in [2.24, 2.45) is 4.99 Å². The lowest BCUT2D eigenvalue weighted by Crippen LogP contribution is -2.29. The Kier molecular flexibility index (Phi) is 5.77. The summed E-state index contributed by atoms with van der Waals surface area (Å²) in [6.07, 6.45) is 3.26. The third-order valence-corrected chi connectivity index (χ3v) is 4.39. The Labute approximate surface area is 145 Å². The number of thioether (sulfide) groups is 1. The Morgan fingerprint density at radius 2 is 2.17 bits per heavy atom. The van der Waals surface area contributed by atoms with E-state index in [-0.39, 0.29) is 6.10 Å². The van der Waals surface area contributed by atoms with Crippen LogP contribution in [-0.4, -0.2) is 42.8 Å². The molecule has 0 aliphatic carbocycles. The number of rotatable bonds is 7. The summed E-state index contributed by atoms with van der Waals surface area (Å²) >= 11 is 1.52. The van der Waals surface area contributed by atoms with E-state index in [2.05, 4.69) is 10.1 Å². The molecule has 0 N–H and O–H groups in total. The van der Waals surface area contributed by atoms with Crippen molar-refractivity contribution < 1.29 is 18.7 Å². The molecule has 3 rings (SSSR count). The van der Waals surface area contributed by atoms with E-state index in [1.54, 1.807) is 13.2 Å². The summed E-state index contributed by atoms with van der Waals surface area (Å²) in [5.41, 5.74) is 1.03. The third kappa shape index (κ3) is 4.30. The minimum atomic E-state index is 0.237. The van der Waals surface area contributed by atoms with Gasteiger partial charge < -0.3 is 18.7 Å². The zero-order valence-electron chi connectivity index (χ0n) is 13.7. The van der Waals surface area contributed by atoms with Crippen LogP contribution in [0.25, 0.3) is 0 Å². The molecule has 0 unspecified atom stereocenters. The second-order valence-corrected chi connectivity index (χ2v) is 6.09. The molecule has 0 radical (unpaired) electrons. The molecule has 0 saturated carbocycles. The summed E-state index contributed by atoms with van der Waals surface area (Å²) in [6, 6.07) is 9.46. The molecule has 24 heavy (non-hydrogen) atoms. The summed E-state index contributed by atoms with van der Waals surface area (Å²) in [5.74, 6) is 1.88. The molecule has 0 bridgehead atoms. The number of methoxy groups -OCH3 is 1. The highest BCUT2D eigenvalue weighted by Crippen LogP contribution is 2.20. The number of aliphatic imine (C=N–C) groups is 1. The Morgan fingerprint density at radius 3 is 2.79 bits per heavy atom. The van der Waals surface area contributed by atoms with Crippen LogP contribution in [0.4, 0.5) is 0 Å². The van der Waals surface area contributed by atoms with Gasteiger partial charge in [0, 0.05) is 6.61 Å². The number of benzene rings is 1. The summed E-state index contributed by atoms with van der Waals surface area (Å²) in [5, 5.41) is 4.75. The van der Waals surface area contributed by atoms with Crippen LogP contribution in [0, 0.1) is 0 Å². The van der Waals surface area contributed by atoms with Gasteiger partial charge in [-0.05, 0) is 35.5 Å². The molecule has 1 aliphatic heterocycles. The van der Waals surface area contributed by atoms with Crippen molar-refractivity contribution in [2.45, 2.75) is 19.1 Å². The van der Waals surface area contributed by atoms with Gasteiger partial charge in [0.1, 0.15) is 17.4 Å². The fraction of sp³-hybridized carbons (Fsp3) is 0.412. The summed E-state index contributed by atoms with van der Waals surface area (Å²) in [6.45, 7) is 1.90. The van der Waals surface area contributed by atoms with Gasteiger partial charge >= 0.3 is 0 Å². The number of nitrogens with zero attached hydrogens (tertiary/aromatic N) is 2. The van der Waals surface area contributed by atoms with Crippen molar-refractivity contribution in [1.29, 1.82) is 0 Å². The molecule has 1 fully saturated rings. The maximum atomic E-state index is 5.66. The van der Waals surface area contributed by atoms with E-state index in [0.717, 1.165) is 29.4 Å². The lowest BCUT2D eigenvalue weighted by molar-refractivity contribution is -0.0431. The average Bonchev–Trinajstić information content (AvgIpc) is 3.04. The predicted molar refractivity (Wildman–Crippen MR) is 93.1 cm³/mol. The second kappa shape index (κ2) is 8.21. The third-order valence-electron chi connectivity index (χ3n) is 3.67. The molecule has 0 spiro atoms. The molecule has 0 amide bonds. The lowest BCUT2D eigenvalue weighted by atomic mass is 10.2. The molecule has 1 saturated heterocycles. The second-order valence-electron chi connectivity index (χ2n) is 5.30. The Morgan fingerprint density at radius 1 is 1.38 bits per heavy atom. The summed E-state index contributed by atoms with van der Waals surface area (Å²) in [7, 11) is 1.64. The van der Waals surface area contributed by atoms with Gasteiger partial charge in [0.05, 0.1) is 25.8 Å². The van der Waals surface area contributed by atoms with Gasteiger partial charge in [0.2, 0.25) is 0 Å². The largest absolute Gasteiger partial charge is 0.497 e. The number of hydrogen-bond donors (Lipinski definition) is 0. The Bertz CT molecular complexity index is 680. The van der Waals surface area contributed by atoms with Crippen molar-refractivity contribution in [3.05, 3.63) is 41.7 Å². The normalized spacial score (nSPS) is 17.4. The zero-order chi connectivity index (χ0) is 16.8. The molecule has 1 aromatic carbocycles. The van der Waals surface area contributed by atoms with Crippen LogP contribution in [-0.2, 0) is 11.3 Å². The van der Waals surface area contributed by atoms with Crippen molar-refractivity contribution in [3.8, 4) is 11.6 Å². The van der Waals surface area contributed by atoms with Gasteiger partial charge in [-0.25, -0.2) is 0 Å². The van der Waals surface area contributed by atoms with Crippen LogP contribution < -0.4 is 9.47 Å². The first-order valence-corrected chi connectivity index (χ1v) is 8.94. The number of ether oxygens (including phenoxy) is 3. The highest BCUT2D eigenvalue weighted by molar-refractivity contribution is 8.13. The monoisotopic (exact) mass is 348 g/mol. The SMILES string of the molecule is COc1ccc(COc2cc(C(=NC[C@@H]3CCO3)SC)on2)cc1. The van der Waals surface area contributed by atoms with Crippen LogP contribution in [0.2, 0.25) is 0 Å². The summed E-state index contributed by atoms with van der Waals surface area (Å²) in [4.78, 5) is 4.54. The lowest BCUT2D eigenvalue weighted by Gasteiger charge is -2.24. The van der Waals surface area contributed by atoms with Gasteiger partial charge in [0.15, 0.2) is 5.76 Å². The highest BCUT2D eigenvalue weighted by atomic mass is 32.2. The van der Waals surface area contributed by atoms with Crippen LogP contribution in [0.3, 0.4) is 0 Å². The zero-order valence-corrected chi connectivity index (χ0v) is 14.5. The van der Waals surface area contributed by atoms with Crippen LogP contribution in [0.5, 0.6) is 11.6 Å². The van der Waals surface area contributed by atoms with Crippen LogP contribution >= 0.6 is 11.8 Å². The molecular weight excluding hydrogens is 328 g/mol. The van der Waals surface area contributed by atoms with E-state index in [0.29, 0.717) is 24.8 Å². The molecule has 7 heteroatoms. The molecule has 2 aromatic rings. The van der Waals surface area contributed by atoms with E-state index in [1.807, 2.05) is 30.5 Å². The van der Waals surface area contributed by atoms with E-state index < -0.39 is 0 Å². The van der Waals surface area contributed by atoms with Crippen molar-refractivity contribution in [2.75, 3.05) is 26.5 Å². The van der Waals surface area contributed by atoms with Crippen molar-refractivity contribution >= 4 is 16.8 Å². The maximum Gasteiger partial charge on any atom is 0.255 e. The summed E-state index contributed by atoms with van der Waals surface area (Å²) < 4.78 is 21.5. The van der Waals surface area contributed by atoms with Crippen LogP contribution in [0.15, 0.2) is 39.8 Å². The van der Waals surface area contributed by atoms with E-state index in [4.69, 9.17) is 18.7 Å². The van der Waals surface area contributed by atoms with Crippen LogP contribution in [0.1, 0.15) is 17.7 Å². The van der Waals surface area contributed by atoms with Gasteiger partial charge in [-0.15, -0.1) is 11.8 Å². The van der Waals surface area contributed by atoms with Crippen molar-refractivity contribution in [1.82, 2.24) is 5.16 Å². The smallest absolute Gasteiger partial charge is 0.255 e. The fourth-order valence-electron chi connectivity index (χ4n) is 2.16. The predicted octanol–water partition coefficient (Wildman–Crippen LogP) is 3.16. The first kappa shape index (κ1) is 16.9. The highest BCUT2D eigenvalue weighted by Gasteiger charge is 2.18. The topological polar surface area (TPSA) is 66.1 Å².